The van der Waals surface area contributed by atoms with Crippen LogP contribution in [0.5, 0.6) is 0 Å². The van der Waals surface area contributed by atoms with Gasteiger partial charge in [-0.05, 0) is 19.8 Å². The van der Waals surface area contributed by atoms with Crippen molar-refractivity contribution in [3.63, 3.8) is 0 Å². The molecule has 1 heterocycles. The van der Waals surface area contributed by atoms with E-state index >= 15 is 0 Å². The number of hydrogen-bond donors (Lipinski definition) is 1. The third-order valence-corrected chi connectivity index (χ3v) is 2.74. The van der Waals surface area contributed by atoms with Crippen LogP contribution < -0.4 is 5.73 Å². The third-order valence-electron chi connectivity index (χ3n) is 1.64. The molecule has 0 aliphatic carbocycles. The number of nitrogens with zero attached hydrogens (tertiary/aromatic N) is 1. The molecule has 0 saturated carbocycles. The molecule has 0 aliphatic heterocycles. The summed E-state index contributed by atoms with van der Waals surface area (Å²) < 4.78 is 36.4. The highest BCUT2D eigenvalue weighted by molar-refractivity contribution is 7.11. The zero-order valence-corrected chi connectivity index (χ0v) is 8.45. The number of thiazole rings is 1. The van der Waals surface area contributed by atoms with Gasteiger partial charge < -0.3 is 5.73 Å². The van der Waals surface area contributed by atoms with Crippen molar-refractivity contribution in [3.05, 3.63) is 16.1 Å². The van der Waals surface area contributed by atoms with Crippen LogP contribution in [0.4, 0.5) is 13.2 Å². The van der Waals surface area contributed by atoms with E-state index in [-0.39, 0.29) is 6.04 Å². The first-order valence-electron chi connectivity index (χ1n) is 4.17. The summed E-state index contributed by atoms with van der Waals surface area (Å²) in [5.74, 6) is 0. The van der Waals surface area contributed by atoms with Gasteiger partial charge in [0.1, 0.15) is 0 Å². The van der Waals surface area contributed by atoms with Gasteiger partial charge in [0.2, 0.25) is 0 Å². The highest BCUT2D eigenvalue weighted by Gasteiger charge is 2.34. The first-order valence-corrected chi connectivity index (χ1v) is 4.98. The van der Waals surface area contributed by atoms with E-state index in [4.69, 9.17) is 5.73 Å². The topological polar surface area (TPSA) is 38.9 Å². The van der Waals surface area contributed by atoms with Crippen LogP contribution in [0.2, 0.25) is 0 Å². The van der Waals surface area contributed by atoms with E-state index in [0.717, 1.165) is 0 Å². The quantitative estimate of drug-likeness (QED) is 0.856. The molecule has 1 rings (SSSR count). The summed E-state index contributed by atoms with van der Waals surface area (Å²) >= 11 is 0.690. The van der Waals surface area contributed by atoms with Crippen molar-refractivity contribution in [2.75, 3.05) is 0 Å². The fourth-order valence-electron chi connectivity index (χ4n) is 0.924. The van der Waals surface area contributed by atoms with E-state index in [1.54, 1.807) is 0 Å². The molecule has 0 amide bonds. The molecule has 1 unspecified atom stereocenters. The Morgan fingerprint density at radius 3 is 2.64 bits per heavy atom. The molecule has 0 aliphatic rings. The van der Waals surface area contributed by atoms with Gasteiger partial charge in [-0.25, -0.2) is 4.98 Å². The van der Waals surface area contributed by atoms with Gasteiger partial charge in [-0.15, -0.1) is 11.3 Å². The van der Waals surface area contributed by atoms with Crippen molar-refractivity contribution in [1.82, 2.24) is 4.98 Å². The standard InChI is InChI=1S/C8H11F3N2S/c1-5(12)2-3-6-4-13-7(14-6)8(9,10)11/h4-5H,2-3,12H2,1H3. The molecule has 80 valence electrons. The van der Waals surface area contributed by atoms with Gasteiger partial charge in [-0.3, -0.25) is 0 Å². The minimum Gasteiger partial charge on any atom is -0.328 e. The van der Waals surface area contributed by atoms with Gasteiger partial charge in [-0.2, -0.15) is 13.2 Å². The second-order valence-corrected chi connectivity index (χ2v) is 4.26. The number of rotatable bonds is 3. The van der Waals surface area contributed by atoms with Crippen molar-refractivity contribution in [1.29, 1.82) is 0 Å². The summed E-state index contributed by atoms with van der Waals surface area (Å²) in [7, 11) is 0. The Morgan fingerprint density at radius 1 is 1.57 bits per heavy atom. The van der Waals surface area contributed by atoms with Gasteiger partial charge in [0.15, 0.2) is 5.01 Å². The van der Waals surface area contributed by atoms with Crippen molar-refractivity contribution in [2.45, 2.75) is 32.0 Å². The monoisotopic (exact) mass is 224 g/mol. The molecular weight excluding hydrogens is 213 g/mol. The maximum Gasteiger partial charge on any atom is 0.443 e. The van der Waals surface area contributed by atoms with Crippen molar-refractivity contribution < 1.29 is 13.2 Å². The number of hydrogen-bond acceptors (Lipinski definition) is 3. The van der Waals surface area contributed by atoms with Crippen LogP contribution in [0, 0.1) is 0 Å². The molecule has 0 spiro atoms. The molecule has 0 bridgehead atoms. The van der Waals surface area contributed by atoms with Crippen LogP contribution in [-0.4, -0.2) is 11.0 Å². The first-order chi connectivity index (χ1) is 6.39. The van der Waals surface area contributed by atoms with Gasteiger partial charge >= 0.3 is 6.18 Å². The number of alkyl halides is 3. The summed E-state index contributed by atoms with van der Waals surface area (Å²) in [6, 6.07) is 0.00596. The van der Waals surface area contributed by atoms with Crippen molar-refractivity contribution in [2.24, 2.45) is 5.73 Å². The molecule has 2 nitrogen and oxygen atoms in total. The van der Waals surface area contributed by atoms with Crippen LogP contribution in [0.15, 0.2) is 6.20 Å². The fourth-order valence-corrected chi connectivity index (χ4v) is 1.72. The molecule has 2 N–H and O–H groups in total. The van der Waals surface area contributed by atoms with Crippen molar-refractivity contribution in [3.8, 4) is 0 Å². The Morgan fingerprint density at radius 2 is 2.21 bits per heavy atom. The second-order valence-electron chi connectivity index (χ2n) is 3.15. The number of halogens is 3. The summed E-state index contributed by atoms with van der Waals surface area (Å²) in [6.07, 6.45) is -1.81. The molecule has 0 fully saturated rings. The van der Waals surface area contributed by atoms with E-state index in [2.05, 4.69) is 4.98 Å². The maximum atomic E-state index is 12.1. The lowest BCUT2D eigenvalue weighted by atomic mass is 10.2. The molecule has 1 aromatic rings. The van der Waals surface area contributed by atoms with Gasteiger partial charge in [-0.1, -0.05) is 0 Å². The van der Waals surface area contributed by atoms with Gasteiger partial charge in [0.05, 0.1) is 0 Å². The van der Waals surface area contributed by atoms with Crippen molar-refractivity contribution >= 4 is 11.3 Å². The molecule has 1 atom stereocenters. The normalized spacial score (nSPS) is 14.4. The van der Waals surface area contributed by atoms with Crippen LogP contribution in [0.25, 0.3) is 0 Å². The maximum absolute atomic E-state index is 12.1. The van der Waals surface area contributed by atoms with Gasteiger partial charge in [0, 0.05) is 17.1 Å². The summed E-state index contributed by atoms with van der Waals surface area (Å²) in [6.45, 7) is 1.83. The molecule has 0 radical (unpaired) electrons. The first kappa shape index (κ1) is 11.5. The van der Waals surface area contributed by atoms with E-state index in [0.29, 0.717) is 29.1 Å². The van der Waals surface area contributed by atoms with Crippen LogP contribution in [0.1, 0.15) is 23.2 Å². The lowest BCUT2D eigenvalue weighted by molar-refractivity contribution is -0.137. The highest BCUT2D eigenvalue weighted by atomic mass is 32.1. The zero-order valence-electron chi connectivity index (χ0n) is 7.64. The zero-order chi connectivity index (χ0) is 10.8. The Bertz CT molecular complexity index is 293. The van der Waals surface area contributed by atoms with Crippen LogP contribution in [0.3, 0.4) is 0 Å². The molecule has 6 heteroatoms. The van der Waals surface area contributed by atoms with E-state index in [1.807, 2.05) is 6.92 Å². The lowest BCUT2D eigenvalue weighted by Crippen LogP contribution is -2.14. The van der Waals surface area contributed by atoms with Crippen LogP contribution >= 0.6 is 11.3 Å². The number of aryl methyl sites for hydroxylation is 1. The van der Waals surface area contributed by atoms with E-state index in [1.165, 1.54) is 6.20 Å². The predicted molar refractivity (Wildman–Crippen MR) is 49.1 cm³/mol. The summed E-state index contributed by atoms with van der Waals surface area (Å²) in [5, 5.41) is -0.780. The van der Waals surface area contributed by atoms with Crippen LogP contribution in [-0.2, 0) is 12.6 Å². The largest absolute Gasteiger partial charge is 0.443 e. The average molecular weight is 224 g/mol. The van der Waals surface area contributed by atoms with E-state index in [9.17, 15) is 13.2 Å². The summed E-state index contributed by atoms with van der Waals surface area (Å²) in [4.78, 5) is 3.95. The van der Waals surface area contributed by atoms with E-state index < -0.39 is 11.2 Å². The van der Waals surface area contributed by atoms with Gasteiger partial charge in [0.25, 0.3) is 0 Å². The molecular formula is C8H11F3N2S. The minimum atomic E-state index is -4.32. The fraction of sp³-hybridized carbons (Fsp3) is 0.625. The second kappa shape index (κ2) is 4.27. The Labute approximate surface area is 84.0 Å². The number of nitrogens with two attached hydrogens (primary N) is 1. The third kappa shape index (κ3) is 3.26. The molecule has 0 aromatic carbocycles. The SMILES string of the molecule is CC(N)CCc1cnc(C(F)(F)F)s1. The molecule has 14 heavy (non-hydrogen) atoms. The number of aromatic nitrogens is 1. The average Bonchev–Trinajstić information content (AvgIpc) is 2.47. The smallest absolute Gasteiger partial charge is 0.328 e. The predicted octanol–water partition coefficient (Wildman–Crippen LogP) is 2.44. The Balaban J connectivity index is 2.60. The summed E-state index contributed by atoms with van der Waals surface area (Å²) in [5.41, 5.74) is 5.49. The lowest BCUT2D eigenvalue weighted by Gasteiger charge is -2.01. The Kier molecular flexibility index (Phi) is 3.49. The Hall–Kier alpha value is -0.620. The minimum absolute atomic E-state index is 0.00596. The molecule has 1 aromatic heterocycles. The highest BCUT2D eigenvalue weighted by Crippen LogP contribution is 2.32. The molecule has 0 saturated heterocycles.